The minimum atomic E-state index is -0.920. The monoisotopic (exact) mass is 1090 g/mol. The first-order chi connectivity index (χ1) is 29.8. The predicted molar refractivity (Wildman–Crippen MR) is 248 cm³/mol. The molecule has 1 aliphatic rings. The molecule has 0 spiro atoms. The van der Waals surface area contributed by atoms with Gasteiger partial charge in [0.15, 0.2) is 11.5 Å². The van der Waals surface area contributed by atoms with E-state index in [0.717, 1.165) is 16.7 Å². The third kappa shape index (κ3) is 11.0. The zero-order valence-corrected chi connectivity index (χ0v) is 38.9. The number of aliphatic carboxylic acids is 1. The van der Waals surface area contributed by atoms with Crippen LogP contribution in [0.2, 0.25) is 0 Å². The Hall–Kier alpha value is -5.74. The summed E-state index contributed by atoms with van der Waals surface area (Å²) in [6.45, 7) is 1.97. The number of aromatic nitrogens is 1. The summed E-state index contributed by atoms with van der Waals surface area (Å²) in [5.74, 6) is 1.88. The molecule has 0 fully saturated rings. The van der Waals surface area contributed by atoms with Gasteiger partial charge in [-0.25, -0.2) is 9.98 Å². The smallest absolute Gasteiger partial charge is 0.307 e. The molecule has 3 N–H and O–H groups in total. The highest BCUT2D eigenvalue weighted by Gasteiger charge is 2.24. The van der Waals surface area contributed by atoms with Crippen LogP contribution in [0.3, 0.4) is 0 Å². The standard InChI is InChI=1S/C24H19Br2NO4.C23H15Br2NO5/c1-14(28)9-15-10-19(25)23(20(26)11-15)31-17-7-8-22(29)18(12-17)24-27-21(13-30-24)16-5-3-2-4-6-16;24-17-8-13(10-21(28)29)9-18(25)22(17)31-15-6-7-20(27)16(11-15)23-26-19(12-30-23)14-4-2-1-3-5-14/h2-8,10-12,21,29H,9,13H2,1H3;1-9,11-12,27H,10H2,(H,28,29)/t21-;/m0./s1. The molecule has 0 saturated heterocycles. The van der Waals surface area contributed by atoms with E-state index in [1.165, 1.54) is 12.3 Å². The number of aromatic hydroxyl groups is 2. The van der Waals surface area contributed by atoms with Gasteiger partial charge in [-0.1, -0.05) is 60.7 Å². The summed E-state index contributed by atoms with van der Waals surface area (Å²) in [7, 11) is 0. The summed E-state index contributed by atoms with van der Waals surface area (Å²) in [5, 5.41) is 29.7. The number of rotatable bonds is 12. The Morgan fingerprint density at radius 1 is 0.694 bits per heavy atom. The molecule has 11 nitrogen and oxygen atoms in total. The van der Waals surface area contributed by atoms with Gasteiger partial charge in [-0.3, -0.25) is 9.59 Å². The largest absolute Gasteiger partial charge is 0.507 e. The Morgan fingerprint density at radius 3 is 1.76 bits per heavy atom. The molecule has 62 heavy (non-hydrogen) atoms. The van der Waals surface area contributed by atoms with E-state index in [2.05, 4.69) is 73.7 Å². The SMILES string of the molecule is CC(=O)Cc1cc(Br)c(Oc2ccc(O)c(C3=N[C@H](c4ccccc4)CO3)c2)c(Br)c1.O=C(O)Cc1cc(Br)c(Oc2ccc(O)c(-c3nc(-c4ccccc4)co3)c2)c(Br)c1. The summed E-state index contributed by atoms with van der Waals surface area (Å²) in [4.78, 5) is 31.5. The molecular formula is C47H34Br4N2O9. The zero-order valence-electron chi connectivity index (χ0n) is 32.5. The van der Waals surface area contributed by atoms with Crippen molar-refractivity contribution >= 4 is 81.4 Å². The first kappa shape index (κ1) is 44.3. The fourth-order valence-corrected chi connectivity index (χ4v) is 9.21. The van der Waals surface area contributed by atoms with E-state index in [4.69, 9.17) is 23.7 Å². The van der Waals surface area contributed by atoms with E-state index in [1.54, 1.807) is 49.4 Å². The van der Waals surface area contributed by atoms with Crippen LogP contribution in [0.5, 0.6) is 34.5 Å². The van der Waals surface area contributed by atoms with Crippen molar-refractivity contribution in [3.05, 3.63) is 168 Å². The Balaban J connectivity index is 0.000000186. The average molecular weight is 1090 g/mol. The van der Waals surface area contributed by atoms with Crippen molar-refractivity contribution in [1.82, 2.24) is 4.98 Å². The number of carboxylic acids is 1. The second-order valence-electron chi connectivity index (χ2n) is 13.9. The summed E-state index contributed by atoms with van der Waals surface area (Å²) < 4.78 is 26.0. The molecule has 0 unspecified atom stereocenters. The number of carboxylic acid groups (broad SMARTS) is 1. The van der Waals surface area contributed by atoms with E-state index in [0.29, 0.717) is 82.2 Å². The van der Waals surface area contributed by atoms with Crippen LogP contribution >= 0.6 is 63.7 Å². The minimum absolute atomic E-state index is 0.00347. The molecule has 0 radical (unpaired) electrons. The number of carbonyl (C=O) groups excluding carboxylic acids is 1. The molecule has 0 amide bonds. The van der Waals surface area contributed by atoms with Crippen molar-refractivity contribution in [2.45, 2.75) is 25.8 Å². The number of nitrogens with zero attached hydrogens (tertiary/aromatic N) is 2. The number of benzene rings is 6. The molecule has 6 aromatic carbocycles. The van der Waals surface area contributed by atoms with Gasteiger partial charge in [0.25, 0.3) is 0 Å². The normalized spacial score (nSPS) is 13.0. The molecule has 2 heterocycles. The maximum atomic E-state index is 11.4. The number of oxazole rings is 1. The lowest BCUT2D eigenvalue weighted by Gasteiger charge is -2.13. The molecule has 0 aliphatic carbocycles. The van der Waals surface area contributed by atoms with Gasteiger partial charge in [0.2, 0.25) is 11.8 Å². The van der Waals surface area contributed by atoms with E-state index < -0.39 is 5.97 Å². The Kier molecular flexibility index (Phi) is 14.3. The molecule has 314 valence electrons. The van der Waals surface area contributed by atoms with Gasteiger partial charge < -0.3 is 33.9 Å². The van der Waals surface area contributed by atoms with Gasteiger partial charge in [0.05, 0.1) is 35.4 Å². The lowest BCUT2D eigenvalue weighted by Crippen LogP contribution is -2.02. The van der Waals surface area contributed by atoms with Crippen LogP contribution in [-0.4, -0.2) is 44.6 Å². The fourth-order valence-electron chi connectivity index (χ4n) is 6.33. The summed E-state index contributed by atoms with van der Waals surface area (Å²) in [6, 6.07) is 36.1. The number of ketones is 1. The number of hydrogen-bond acceptors (Lipinski definition) is 10. The number of phenolic OH excluding ortho intramolecular Hbond substituents is 2. The lowest BCUT2D eigenvalue weighted by atomic mass is 10.1. The molecule has 0 bridgehead atoms. The van der Waals surface area contributed by atoms with Crippen molar-refractivity contribution in [3.63, 3.8) is 0 Å². The van der Waals surface area contributed by atoms with Crippen molar-refractivity contribution in [2.24, 2.45) is 4.99 Å². The van der Waals surface area contributed by atoms with Crippen LogP contribution in [-0.2, 0) is 27.2 Å². The molecule has 1 atom stereocenters. The third-order valence-corrected chi connectivity index (χ3v) is 11.5. The van der Waals surface area contributed by atoms with Gasteiger partial charge in [-0.15, -0.1) is 0 Å². The zero-order chi connectivity index (χ0) is 43.9. The maximum Gasteiger partial charge on any atom is 0.307 e. The van der Waals surface area contributed by atoms with Crippen LogP contribution in [0.25, 0.3) is 22.7 Å². The highest BCUT2D eigenvalue weighted by atomic mass is 79.9. The van der Waals surface area contributed by atoms with E-state index in [9.17, 15) is 19.8 Å². The molecule has 1 aliphatic heterocycles. The van der Waals surface area contributed by atoms with Crippen molar-refractivity contribution in [1.29, 1.82) is 0 Å². The predicted octanol–water partition coefficient (Wildman–Crippen LogP) is 13.0. The maximum absolute atomic E-state index is 11.4. The first-order valence-electron chi connectivity index (χ1n) is 18.8. The summed E-state index contributed by atoms with van der Waals surface area (Å²) in [6.07, 6.45) is 1.78. The Labute approximate surface area is 389 Å². The highest BCUT2D eigenvalue weighted by Crippen LogP contribution is 2.42. The van der Waals surface area contributed by atoms with Crippen LogP contribution < -0.4 is 9.47 Å². The molecular weight excluding hydrogens is 1060 g/mol. The van der Waals surface area contributed by atoms with Crippen LogP contribution in [0.15, 0.2) is 155 Å². The van der Waals surface area contributed by atoms with Crippen LogP contribution in [0, 0.1) is 0 Å². The highest BCUT2D eigenvalue weighted by molar-refractivity contribution is 9.11. The lowest BCUT2D eigenvalue weighted by molar-refractivity contribution is -0.136. The van der Waals surface area contributed by atoms with E-state index >= 15 is 0 Å². The molecule has 8 rings (SSSR count). The summed E-state index contributed by atoms with van der Waals surface area (Å²) >= 11 is 13.9. The minimum Gasteiger partial charge on any atom is -0.507 e. The average Bonchev–Trinajstić information content (AvgIpc) is 3.94. The van der Waals surface area contributed by atoms with Crippen LogP contribution in [0.1, 0.15) is 35.2 Å². The van der Waals surface area contributed by atoms with Gasteiger partial charge in [0.1, 0.15) is 53.4 Å². The number of carbonyl (C=O) groups is 2. The Morgan fingerprint density at radius 2 is 1.21 bits per heavy atom. The van der Waals surface area contributed by atoms with Crippen LogP contribution in [0.4, 0.5) is 0 Å². The number of aliphatic imine (C=N–C) groups is 1. The first-order valence-corrected chi connectivity index (χ1v) is 21.9. The molecule has 7 aromatic rings. The number of ether oxygens (including phenoxy) is 3. The van der Waals surface area contributed by atoms with Crippen molar-refractivity contribution in [3.8, 4) is 57.2 Å². The molecule has 15 heteroatoms. The number of hydrogen-bond donors (Lipinski definition) is 3. The van der Waals surface area contributed by atoms with E-state index in [1.807, 2.05) is 72.8 Å². The molecule has 0 saturated carbocycles. The Bertz CT molecular complexity index is 2750. The van der Waals surface area contributed by atoms with Crippen molar-refractivity contribution in [2.75, 3.05) is 6.61 Å². The third-order valence-electron chi connectivity index (χ3n) is 9.17. The van der Waals surface area contributed by atoms with Gasteiger partial charge in [-0.05, 0) is 148 Å². The van der Waals surface area contributed by atoms with Crippen molar-refractivity contribution < 1.29 is 43.5 Å². The van der Waals surface area contributed by atoms with Gasteiger partial charge in [0, 0.05) is 12.0 Å². The van der Waals surface area contributed by atoms with Gasteiger partial charge in [-0.2, -0.15) is 0 Å². The second-order valence-corrected chi connectivity index (χ2v) is 17.3. The number of halogens is 4. The molecule has 1 aromatic heterocycles. The number of phenols is 2. The number of Topliss-reactive ketones (excluding diaryl/α,β-unsaturated/α-hetero) is 1. The second kappa shape index (κ2) is 20.0. The van der Waals surface area contributed by atoms with E-state index in [-0.39, 0.29) is 35.6 Å². The van der Waals surface area contributed by atoms with Gasteiger partial charge >= 0.3 is 5.97 Å². The fraction of sp³-hybridized carbons (Fsp3) is 0.106. The topological polar surface area (TPSA) is 161 Å². The quantitative estimate of drug-likeness (QED) is 0.107. The summed E-state index contributed by atoms with van der Waals surface area (Å²) in [5.41, 5.74) is 4.97.